The van der Waals surface area contributed by atoms with E-state index in [9.17, 15) is 0 Å². The molecule has 0 bridgehead atoms. The average Bonchev–Trinajstić information content (AvgIpc) is 2.29. The highest BCUT2D eigenvalue weighted by molar-refractivity contribution is 6.21. The van der Waals surface area contributed by atoms with Gasteiger partial charge in [-0.05, 0) is 36.0 Å². The summed E-state index contributed by atoms with van der Waals surface area (Å²) < 4.78 is 0. The summed E-state index contributed by atoms with van der Waals surface area (Å²) in [5.41, 5.74) is 4.23. The molecule has 0 amide bonds. The lowest BCUT2D eigenvalue weighted by atomic mass is 9.98. The van der Waals surface area contributed by atoms with Gasteiger partial charge in [0, 0.05) is 0 Å². The second-order valence-corrected chi connectivity index (χ2v) is 4.21. The van der Waals surface area contributed by atoms with E-state index in [0.717, 1.165) is 6.42 Å². The van der Waals surface area contributed by atoms with E-state index in [4.69, 9.17) is 11.6 Å². The Kier molecular flexibility index (Phi) is 1.88. The molecular weight excluding hydrogens is 168 g/mol. The molecule has 1 heteroatoms. The first-order valence-electron chi connectivity index (χ1n) is 4.43. The van der Waals surface area contributed by atoms with E-state index in [-0.39, 0.29) is 5.38 Å². The minimum Gasteiger partial charge on any atom is -0.118 e. The van der Waals surface area contributed by atoms with Crippen LogP contribution in [0.5, 0.6) is 0 Å². The van der Waals surface area contributed by atoms with E-state index in [1.165, 1.54) is 16.7 Å². The quantitative estimate of drug-likeness (QED) is 0.533. The number of aryl methyl sites for hydroxylation is 1. The summed E-state index contributed by atoms with van der Waals surface area (Å²) in [5.74, 6) is 0.642. The third-order valence-electron chi connectivity index (χ3n) is 2.75. The SMILES string of the molecule is Cc1cccc2c1[C@@H](C)C[C@H]2Cl. The maximum absolute atomic E-state index is 6.21. The van der Waals surface area contributed by atoms with Gasteiger partial charge >= 0.3 is 0 Å². The standard InChI is InChI=1S/C11H13Cl/c1-7-4-3-5-9-10(12)6-8(2)11(7)9/h3-5,8,10H,6H2,1-2H3/t8-,10+/m0/s1. The van der Waals surface area contributed by atoms with Crippen LogP contribution in [-0.4, -0.2) is 0 Å². The molecule has 1 aromatic carbocycles. The zero-order valence-corrected chi connectivity index (χ0v) is 8.23. The Morgan fingerprint density at radius 2 is 2.17 bits per heavy atom. The van der Waals surface area contributed by atoms with Gasteiger partial charge in [-0.15, -0.1) is 11.6 Å². The smallest absolute Gasteiger partial charge is 0.0593 e. The minimum atomic E-state index is 0.245. The third-order valence-corrected chi connectivity index (χ3v) is 3.16. The highest BCUT2D eigenvalue weighted by Gasteiger charge is 2.27. The highest BCUT2D eigenvalue weighted by atomic mass is 35.5. The normalized spacial score (nSPS) is 27.2. The molecule has 0 N–H and O–H groups in total. The van der Waals surface area contributed by atoms with E-state index >= 15 is 0 Å². The summed E-state index contributed by atoms with van der Waals surface area (Å²) in [7, 11) is 0. The zero-order chi connectivity index (χ0) is 8.72. The first-order valence-corrected chi connectivity index (χ1v) is 4.87. The molecule has 0 radical (unpaired) electrons. The monoisotopic (exact) mass is 180 g/mol. The molecule has 1 aromatic rings. The van der Waals surface area contributed by atoms with Gasteiger partial charge in [0.25, 0.3) is 0 Å². The van der Waals surface area contributed by atoms with Crippen LogP contribution >= 0.6 is 11.6 Å². The maximum Gasteiger partial charge on any atom is 0.0593 e. The van der Waals surface area contributed by atoms with Crippen LogP contribution in [0, 0.1) is 6.92 Å². The second-order valence-electron chi connectivity index (χ2n) is 3.68. The van der Waals surface area contributed by atoms with E-state index in [0.29, 0.717) is 5.92 Å². The predicted octanol–water partition coefficient (Wildman–Crippen LogP) is 3.78. The zero-order valence-electron chi connectivity index (χ0n) is 7.47. The summed E-state index contributed by atoms with van der Waals surface area (Å²) in [6.07, 6.45) is 1.10. The molecular formula is C11H13Cl. The fourth-order valence-electron chi connectivity index (χ4n) is 2.20. The molecule has 0 aromatic heterocycles. The number of halogens is 1. The van der Waals surface area contributed by atoms with Crippen LogP contribution in [-0.2, 0) is 0 Å². The molecule has 2 rings (SSSR count). The number of benzene rings is 1. The summed E-state index contributed by atoms with van der Waals surface area (Å²) in [6.45, 7) is 4.43. The van der Waals surface area contributed by atoms with Crippen molar-refractivity contribution in [3.8, 4) is 0 Å². The first kappa shape index (κ1) is 8.12. The molecule has 0 spiro atoms. The van der Waals surface area contributed by atoms with Gasteiger partial charge in [0.1, 0.15) is 0 Å². The Balaban J connectivity index is 2.59. The van der Waals surface area contributed by atoms with Crippen LogP contribution in [0.4, 0.5) is 0 Å². The first-order chi connectivity index (χ1) is 5.70. The molecule has 0 heterocycles. The molecule has 12 heavy (non-hydrogen) atoms. The van der Waals surface area contributed by atoms with Gasteiger partial charge < -0.3 is 0 Å². The highest BCUT2D eigenvalue weighted by Crippen LogP contribution is 2.44. The van der Waals surface area contributed by atoms with Crippen molar-refractivity contribution in [2.75, 3.05) is 0 Å². The van der Waals surface area contributed by atoms with Crippen LogP contribution in [0.1, 0.15) is 41.3 Å². The summed E-state index contributed by atoms with van der Waals surface area (Å²) in [6, 6.07) is 6.43. The molecule has 0 aliphatic heterocycles. The summed E-state index contributed by atoms with van der Waals surface area (Å²) >= 11 is 6.21. The number of hydrogen-bond acceptors (Lipinski definition) is 0. The van der Waals surface area contributed by atoms with Gasteiger partial charge in [-0.3, -0.25) is 0 Å². The largest absolute Gasteiger partial charge is 0.118 e. The van der Waals surface area contributed by atoms with Crippen molar-refractivity contribution in [1.29, 1.82) is 0 Å². The van der Waals surface area contributed by atoms with Gasteiger partial charge in [-0.2, -0.15) is 0 Å². The molecule has 2 atom stereocenters. The second kappa shape index (κ2) is 2.77. The lowest BCUT2D eigenvalue weighted by molar-refractivity contribution is 0.730. The Morgan fingerprint density at radius 3 is 2.83 bits per heavy atom. The predicted molar refractivity (Wildman–Crippen MR) is 52.8 cm³/mol. The van der Waals surface area contributed by atoms with E-state index < -0.39 is 0 Å². The van der Waals surface area contributed by atoms with Gasteiger partial charge in [-0.25, -0.2) is 0 Å². The maximum atomic E-state index is 6.21. The van der Waals surface area contributed by atoms with Gasteiger partial charge in [0.15, 0.2) is 0 Å². The summed E-state index contributed by atoms with van der Waals surface area (Å²) in [5, 5.41) is 0.245. The van der Waals surface area contributed by atoms with Gasteiger partial charge in [-0.1, -0.05) is 25.1 Å². The fraction of sp³-hybridized carbons (Fsp3) is 0.455. The van der Waals surface area contributed by atoms with E-state index in [1.54, 1.807) is 0 Å². The Bertz CT molecular complexity index is 304. The molecule has 64 valence electrons. The van der Waals surface area contributed by atoms with Gasteiger partial charge in [0.05, 0.1) is 5.38 Å². The molecule has 0 saturated heterocycles. The number of fused-ring (bicyclic) bond motifs is 1. The average molecular weight is 181 g/mol. The van der Waals surface area contributed by atoms with Crippen LogP contribution < -0.4 is 0 Å². The van der Waals surface area contributed by atoms with Crippen LogP contribution in [0.3, 0.4) is 0 Å². The molecule has 0 unspecified atom stereocenters. The fourth-order valence-corrected chi connectivity index (χ4v) is 2.66. The van der Waals surface area contributed by atoms with Crippen molar-refractivity contribution < 1.29 is 0 Å². The Hall–Kier alpha value is -0.490. The Labute approximate surface area is 78.6 Å². The van der Waals surface area contributed by atoms with Crippen molar-refractivity contribution in [2.45, 2.75) is 31.6 Å². The van der Waals surface area contributed by atoms with Crippen LogP contribution in [0.15, 0.2) is 18.2 Å². The molecule has 0 saturated carbocycles. The Morgan fingerprint density at radius 1 is 1.42 bits per heavy atom. The van der Waals surface area contributed by atoms with Crippen LogP contribution in [0.2, 0.25) is 0 Å². The number of hydrogen-bond donors (Lipinski definition) is 0. The van der Waals surface area contributed by atoms with Crippen molar-refractivity contribution in [3.63, 3.8) is 0 Å². The number of alkyl halides is 1. The van der Waals surface area contributed by atoms with E-state index in [2.05, 4.69) is 32.0 Å². The summed E-state index contributed by atoms with van der Waals surface area (Å²) in [4.78, 5) is 0. The molecule has 1 aliphatic rings. The topological polar surface area (TPSA) is 0 Å². The van der Waals surface area contributed by atoms with E-state index in [1.807, 2.05) is 0 Å². The van der Waals surface area contributed by atoms with Gasteiger partial charge in [0.2, 0.25) is 0 Å². The van der Waals surface area contributed by atoms with Crippen molar-refractivity contribution >= 4 is 11.6 Å². The minimum absolute atomic E-state index is 0.245. The molecule has 0 nitrogen and oxygen atoms in total. The lowest BCUT2D eigenvalue weighted by Crippen LogP contribution is -1.90. The van der Waals surface area contributed by atoms with Crippen molar-refractivity contribution in [1.82, 2.24) is 0 Å². The molecule has 0 fully saturated rings. The van der Waals surface area contributed by atoms with Crippen molar-refractivity contribution in [2.24, 2.45) is 0 Å². The number of rotatable bonds is 0. The van der Waals surface area contributed by atoms with Crippen molar-refractivity contribution in [3.05, 3.63) is 34.9 Å². The van der Waals surface area contributed by atoms with Crippen LogP contribution in [0.25, 0.3) is 0 Å². The third kappa shape index (κ3) is 1.06. The lowest BCUT2D eigenvalue weighted by Gasteiger charge is -2.07. The molecule has 1 aliphatic carbocycles.